The highest BCUT2D eigenvalue weighted by molar-refractivity contribution is 6.01. The van der Waals surface area contributed by atoms with Gasteiger partial charge in [0.05, 0.1) is 37.1 Å². The smallest absolute Gasteiger partial charge is 0.319 e. The van der Waals surface area contributed by atoms with Crippen molar-refractivity contribution in [3.8, 4) is 5.75 Å². The van der Waals surface area contributed by atoms with Crippen LogP contribution in [0.3, 0.4) is 0 Å². The molecule has 26 heavy (non-hydrogen) atoms. The second kappa shape index (κ2) is 7.78. The number of nitrogens with zero attached hydrogens (tertiary/aromatic N) is 1. The van der Waals surface area contributed by atoms with Gasteiger partial charge in [0.25, 0.3) is 5.91 Å². The molecule has 1 aromatic carbocycles. The maximum Gasteiger partial charge on any atom is 0.319 e. The minimum Gasteiger partial charge on any atom is -0.497 e. The van der Waals surface area contributed by atoms with E-state index in [2.05, 4.69) is 10.6 Å². The van der Waals surface area contributed by atoms with Crippen molar-refractivity contribution < 1.29 is 19.1 Å². The highest BCUT2D eigenvalue weighted by Gasteiger charge is 2.40. The van der Waals surface area contributed by atoms with Crippen LogP contribution in [0.25, 0.3) is 0 Å². The van der Waals surface area contributed by atoms with E-state index >= 15 is 0 Å². The van der Waals surface area contributed by atoms with Gasteiger partial charge < -0.3 is 25.0 Å². The predicted molar refractivity (Wildman–Crippen MR) is 96.7 cm³/mol. The quantitative estimate of drug-likeness (QED) is 0.730. The van der Waals surface area contributed by atoms with E-state index in [9.17, 15) is 9.59 Å². The van der Waals surface area contributed by atoms with Gasteiger partial charge in [0.15, 0.2) is 0 Å². The third kappa shape index (κ3) is 3.83. The topological polar surface area (TPSA) is 79.9 Å². The fraction of sp³-hybridized carbons (Fsp3) is 0.474. The Balaban J connectivity index is 1.73. The Morgan fingerprint density at radius 2 is 1.96 bits per heavy atom. The van der Waals surface area contributed by atoms with Gasteiger partial charge in [0, 0.05) is 13.2 Å². The first kappa shape index (κ1) is 18.3. The van der Waals surface area contributed by atoms with E-state index < -0.39 is 6.04 Å². The molecule has 2 heterocycles. The molecule has 2 aliphatic rings. The van der Waals surface area contributed by atoms with Gasteiger partial charge in [0.2, 0.25) is 0 Å². The number of benzene rings is 1. The van der Waals surface area contributed by atoms with Gasteiger partial charge in [-0.25, -0.2) is 4.79 Å². The first-order chi connectivity index (χ1) is 12.5. The van der Waals surface area contributed by atoms with Crippen molar-refractivity contribution in [1.29, 1.82) is 0 Å². The summed E-state index contributed by atoms with van der Waals surface area (Å²) in [5.74, 6) is 0.686. The van der Waals surface area contributed by atoms with Crippen LogP contribution >= 0.6 is 0 Å². The van der Waals surface area contributed by atoms with Crippen LogP contribution in [0.2, 0.25) is 0 Å². The lowest BCUT2D eigenvalue weighted by atomic mass is 9.96. The number of carbonyl (C=O) groups is 2. The number of urea groups is 1. The molecule has 3 rings (SSSR count). The molecular weight excluding hydrogens is 334 g/mol. The second-order valence-electron chi connectivity index (χ2n) is 6.70. The third-order valence-corrected chi connectivity index (χ3v) is 4.49. The van der Waals surface area contributed by atoms with E-state index in [4.69, 9.17) is 9.47 Å². The number of carbonyl (C=O) groups excluding carboxylic acids is 2. The van der Waals surface area contributed by atoms with Gasteiger partial charge in [-0.2, -0.15) is 0 Å². The second-order valence-corrected chi connectivity index (χ2v) is 6.70. The lowest BCUT2D eigenvalue weighted by molar-refractivity contribution is -0.126. The van der Waals surface area contributed by atoms with Crippen molar-refractivity contribution in [1.82, 2.24) is 15.5 Å². The van der Waals surface area contributed by atoms with Crippen LogP contribution in [0, 0.1) is 0 Å². The first-order valence-corrected chi connectivity index (χ1v) is 8.85. The van der Waals surface area contributed by atoms with Crippen LogP contribution in [-0.2, 0) is 9.53 Å². The molecule has 7 nitrogen and oxygen atoms in total. The van der Waals surface area contributed by atoms with E-state index in [1.54, 1.807) is 12.0 Å². The van der Waals surface area contributed by atoms with Gasteiger partial charge >= 0.3 is 6.03 Å². The standard InChI is InChI=1S/C19H25N3O4/c1-12(2)26-10-4-9-22-11-15-16(18(22)23)17(21-19(24)20-15)13-5-7-14(25-3)8-6-13/h5-8,12,17H,4,9-11H2,1-3H3,(H2,20,21,24)/t17-/m0/s1. The normalized spacial score (nSPS) is 19.5. The minimum atomic E-state index is -0.450. The average Bonchev–Trinajstić information content (AvgIpc) is 2.93. The molecule has 2 N–H and O–H groups in total. The molecule has 0 radical (unpaired) electrons. The van der Waals surface area contributed by atoms with Gasteiger partial charge in [-0.3, -0.25) is 4.79 Å². The summed E-state index contributed by atoms with van der Waals surface area (Å²) in [5.41, 5.74) is 2.15. The molecule has 1 atom stereocenters. The summed E-state index contributed by atoms with van der Waals surface area (Å²) in [6.07, 6.45) is 0.942. The number of nitrogens with one attached hydrogen (secondary N) is 2. The van der Waals surface area contributed by atoms with E-state index in [1.165, 1.54) is 0 Å². The van der Waals surface area contributed by atoms with Crippen molar-refractivity contribution in [3.05, 3.63) is 41.1 Å². The number of amides is 3. The number of rotatable bonds is 7. The summed E-state index contributed by atoms with van der Waals surface area (Å²) in [7, 11) is 1.60. The lowest BCUT2D eigenvalue weighted by Gasteiger charge is -2.25. The molecule has 140 valence electrons. The van der Waals surface area contributed by atoms with Crippen LogP contribution < -0.4 is 15.4 Å². The predicted octanol–water partition coefficient (Wildman–Crippen LogP) is 1.96. The third-order valence-electron chi connectivity index (χ3n) is 4.49. The Kier molecular flexibility index (Phi) is 5.46. The van der Waals surface area contributed by atoms with Crippen molar-refractivity contribution in [2.75, 3.05) is 26.8 Å². The van der Waals surface area contributed by atoms with E-state index in [-0.39, 0.29) is 18.0 Å². The molecule has 1 aromatic rings. The fourth-order valence-corrected chi connectivity index (χ4v) is 3.23. The summed E-state index contributed by atoms with van der Waals surface area (Å²) in [4.78, 5) is 26.7. The molecule has 0 saturated heterocycles. The van der Waals surface area contributed by atoms with Crippen LogP contribution in [-0.4, -0.2) is 49.7 Å². The van der Waals surface area contributed by atoms with Crippen LogP contribution in [0.4, 0.5) is 4.79 Å². The molecule has 2 aliphatic heterocycles. The van der Waals surface area contributed by atoms with Crippen molar-refractivity contribution in [3.63, 3.8) is 0 Å². The highest BCUT2D eigenvalue weighted by Crippen LogP contribution is 2.33. The maximum atomic E-state index is 12.9. The van der Waals surface area contributed by atoms with Crippen molar-refractivity contribution >= 4 is 11.9 Å². The zero-order chi connectivity index (χ0) is 18.7. The zero-order valence-corrected chi connectivity index (χ0v) is 15.4. The van der Waals surface area contributed by atoms with Crippen LogP contribution in [0.1, 0.15) is 31.9 Å². The molecule has 0 unspecified atom stereocenters. The summed E-state index contributed by atoms with van der Waals surface area (Å²) in [5, 5.41) is 5.63. The number of hydrogen-bond acceptors (Lipinski definition) is 4. The summed E-state index contributed by atoms with van der Waals surface area (Å²) >= 11 is 0. The van der Waals surface area contributed by atoms with E-state index in [0.717, 1.165) is 17.7 Å². The molecule has 0 fully saturated rings. The Bertz CT molecular complexity index is 712. The average molecular weight is 359 g/mol. The Labute approximate surface area is 153 Å². The Morgan fingerprint density at radius 1 is 1.23 bits per heavy atom. The molecule has 0 aliphatic carbocycles. The van der Waals surface area contributed by atoms with Crippen molar-refractivity contribution in [2.24, 2.45) is 0 Å². The SMILES string of the molecule is COc1ccc([C@@H]2NC(=O)NC3=C2C(=O)N(CCCOC(C)C)C3)cc1. The van der Waals surface area contributed by atoms with Crippen LogP contribution in [0.15, 0.2) is 35.5 Å². The Morgan fingerprint density at radius 3 is 2.62 bits per heavy atom. The van der Waals surface area contributed by atoms with Gasteiger partial charge in [-0.05, 0) is 38.0 Å². The van der Waals surface area contributed by atoms with E-state index in [1.807, 2.05) is 38.1 Å². The molecule has 7 heteroatoms. The van der Waals surface area contributed by atoms with Gasteiger partial charge in [0.1, 0.15) is 5.75 Å². The van der Waals surface area contributed by atoms with Crippen LogP contribution in [0.5, 0.6) is 5.75 Å². The zero-order valence-electron chi connectivity index (χ0n) is 15.4. The maximum absolute atomic E-state index is 12.9. The first-order valence-electron chi connectivity index (χ1n) is 8.85. The highest BCUT2D eigenvalue weighted by atomic mass is 16.5. The molecule has 0 saturated carbocycles. The van der Waals surface area contributed by atoms with Crippen molar-refractivity contribution in [2.45, 2.75) is 32.4 Å². The Hall–Kier alpha value is -2.54. The molecule has 0 spiro atoms. The molecule has 3 amide bonds. The lowest BCUT2D eigenvalue weighted by Crippen LogP contribution is -2.44. The van der Waals surface area contributed by atoms with Gasteiger partial charge in [-0.15, -0.1) is 0 Å². The summed E-state index contributed by atoms with van der Waals surface area (Å²) < 4.78 is 10.7. The molecular formula is C19H25N3O4. The number of hydrogen-bond donors (Lipinski definition) is 2. The number of methoxy groups -OCH3 is 1. The van der Waals surface area contributed by atoms with Gasteiger partial charge in [-0.1, -0.05) is 12.1 Å². The molecule has 0 bridgehead atoms. The fourth-order valence-electron chi connectivity index (χ4n) is 3.23. The summed E-state index contributed by atoms with van der Waals surface area (Å²) in [6.45, 7) is 5.61. The minimum absolute atomic E-state index is 0.0436. The molecule has 0 aromatic heterocycles. The summed E-state index contributed by atoms with van der Waals surface area (Å²) in [6, 6.07) is 6.64. The largest absolute Gasteiger partial charge is 0.497 e. The monoisotopic (exact) mass is 359 g/mol. The van der Waals surface area contributed by atoms with E-state index in [0.29, 0.717) is 31.0 Å². The number of ether oxygens (including phenoxy) is 2.